The van der Waals surface area contributed by atoms with Gasteiger partial charge in [0.2, 0.25) is 15.4 Å². The molecule has 0 bridgehead atoms. The Balaban J connectivity index is 2.18. The third kappa shape index (κ3) is 2.88. The highest BCUT2D eigenvalue weighted by atomic mass is 32.2. The summed E-state index contributed by atoms with van der Waals surface area (Å²) < 4.78 is 25.5. The van der Waals surface area contributed by atoms with E-state index in [1.807, 2.05) is 0 Å². The van der Waals surface area contributed by atoms with Crippen molar-refractivity contribution in [3.05, 3.63) is 0 Å². The van der Waals surface area contributed by atoms with E-state index in [0.717, 1.165) is 0 Å². The number of aromatic nitrogens is 2. The number of hydrogen-bond donors (Lipinski definition) is 3. The normalized spacial score (nSPS) is 16.9. The van der Waals surface area contributed by atoms with Crippen LogP contribution in [0.5, 0.6) is 0 Å². The molecule has 0 saturated heterocycles. The number of nitrogens with one attached hydrogen (secondary N) is 2. The number of anilines is 1. The maximum atomic E-state index is 11.9. The summed E-state index contributed by atoms with van der Waals surface area (Å²) in [5, 5.41) is 18.2. The minimum absolute atomic E-state index is 0.0352. The van der Waals surface area contributed by atoms with Gasteiger partial charge in [0.25, 0.3) is 10.0 Å². The fourth-order valence-corrected chi connectivity index (χ4v) is 3.67. The van der Waals surface area contributed by atoms with Crippen molar-refractivity contribution in [3.63, 3.8) is 0 Å². The molecule has 0 spiro atoms. The Labute approximate surface area is 112 Å². The highest BCUT2D eigenvalue weighted by molar-refractivity contribution is 7.91. The molecule has 11 heteroatoms. The van der Waals surface area contributed by atoms with Crippen molar-refractivity contribution in [3.8, 4) is 0 Å². The van der Waals surface area contributed by atoms with Crippen LogP contribution in [0, 0.1) is 0 Å². The summed E-state index contributed by atoms with van der Waals surface area (Å²) in [6.45, 7) is 1.25. The van der Waals surface area contributed by atoms with Crippen molar-refractivity contribution in [2.75, 3.05) is 5.32 Å². The largest absolute Gasteiger partial charge is 0.480 e. The zero-order chi connectivity index (χ0) is 14.3. The van der Waals surface area contributed by atoms with E-state index in [1.54, 1.807) is 0 Å². The Hall–Kier alpha value is -1.59. The lowest BCUT2D eigenvalue weighted by Crippen LogP contribution is -2.42. The fraction of sp³-hybridized carbons (Fsp3) is 0.500. The molecular weight excluding hydrogens is 296 g/mol. The summed E-state index contributed by atoms with van der Waals surface area (Å²) in [5.74, 6) is -1.63. The molecule has 0 aliphatic heterocycles. The Morgan fingerprint density at radius 1 is 1.37 bits per heavy atom. The van der Waals surface area contributed by atoms with Crippen LogP contribution in [0.1, 0.15) is 19.8 Å². The third-order valence-corrected chi connectivity index (χ3v) is 5.15. The van der Waals surface area contributed by atoms with Crippen molar-refractivity contribution < 1.29 is 23.1 Å². The van der Waals surface area contributed by atoms with Gasteiger partial charge in [-0.3, -0.25) is 9.59 Å². The summed E-state index contributed by atoms with van der Waals surface area (Å²) in [4.78, 5) is 21.7. The first kappa shape index (κ1) is 13.8. The minimum atomic E-state index is -4.05. The summed E-state index contributed by atoms with van der Waals surface area (Å²) in [6.07, 6.45) is 0.470. The maximum Gasteiger partial charge on any atom is 0.324 e. The standard InChI is InChI=1S/C8H10N4O5S2/c1-4(13)9-6-10-11-7(18-6)19(16,17)12-8(2-3-8)5(14)15/h12H,2-3H2,1H3,(H,14,15)(H,9,10,13). The topological polar surface area (TPSA) is 138 Å². The van der Waals surface area contributed by atoms with E-state index < -0.39 is 27.4 Å². The van der Waals surface area contributed by atoms with E-state index in [4.69, 9.17) is 5.11 Å². The fourth-order valence-electron chi connectivity index (χ4n) is 1.30. The summed E-state index contributed by atoms with van der Waals surface area (Å²) >= 11 is 0.651. The van der Waals surface area contributed by atoms with Gasteiger partial charge in [0, 0.05) is 6.92 Å². The van der Waals surface area contributed by atoms with Crippen LogP contribution in [0.15, 0.2) is 4.34 Å². The molecule has 0 atom stereocenters. The van der Waals surface area contributed by atoms with E-state index in [0.29, 0.717) is 11.3 Å². The average molecular weight is 306 g/mol. The Kier molecular flexibility index (Phi) is 3.28. The van der Waals surface area contributed by atoms with Crippen molar-refractivity contribution in [1.29, 1.82) is 0 Å². The molecule has 104 valence electrons. The number of aliphatic carboxylic acids is 1. The maximum absolute atomic E-state index is 11.9. The molecule has 3 N–H and O–H groups in total. The SMILES string of the molecule is CC(=O)Nc1nnc(S(=O)(=O)NC2(C(=O)O)CC2)s1. The number of amides is 1. The number of carbonyl (C=O) groups is 2. The number of carbonyl (C=O) groups excluding carboxylic acids is 1. The molecular formula is C8H10N4O5S2. The molecule has 0 unspecified atom stereocenters. The monoisotopic (exact) mass is 306 g/mol. The number of hydrogen-bond acceptors (Lipinski definition) is 7. The molecule has 0 aromatic carbocycles. The molecule has 0 radical (unpaired) electrons. The van der Waals surface area contributed by atoms with Crippen molar-refractivity contribution in [1.82, 2.24) is 14.9 Å². The van der Waals surface area contributed by atoms with E-state index in [1.165, 1.54) is 6.92 Å². The Morgan fingerprint density at radius 2 is 2.00 bits per heavy atom. The van der Waals surface area contributed by atoms with Crippen LogP contribution in [0.4, 0.5) is 5.13 Å². The van der Waals surface area contributed by atoms with Crippen LogP contribution >= 0.6 is 11.3 Å². The number of rotatable bonds is 5. The second-order valence-electron chi connectivity index (χ2n) is 4.05. The number of carboxylic acid groups (broad SMARTS) is 1. The zero-order valence-corrected chi connectivity index (χ0v) is 11.3. The molecule has 1 heterocycles. The first-order valence-electron chi connectivity index (χ1n) is 5.14. The van der Waals surface area contributed by atoms with E-state index in [2.05, 4.69) is 20.2 Å². The predicted molar refractivity (Wildman–Crippen MR) is 64.1 cm³/mol. The van der Waals surface area contributed by atoms with Gasteiger partial charge in [0.15, 0.2) is 0 Å². The molecule has 1 aliphatic carbocycles. The van der Waals surface area contributed by atoms with Gasteiger partial charge in [-0.1, -0.05) is 11.3 Å². The number of carboxylic acids is 1. The van der Waals surface area contributed by atoms with Crippen LogP contribution in [0.25, 0.3) is 0 Å². The lowest BCUT2D eigenvalue weighted by atomic mass is 10.3. The average Bonchev–Trinajstić information content (AvgIpc) is 2.87. The zero-order valence-electron chi connectivity index (χ0n) is 9.71. The van der Waals surface area contributed by atoms with E-state index in [-0.39, 0.29) is 22.3 Å². The second-order valence-corrected chi connectivity index (χ2v) is 6.88. The van der Waals surface area contributed by atoms with Gasteiger partial charge in [0.1, 0.15) is 5.54 Å². The lowest BCUT2D eigenvalue weighted by molar-refractivity contribution is -0.140. The smallest absolute Gasteiger partial charge is 0.324 e. The van der Waals surface area contributed by atoms with Crippen molar-refractivity contribution in [2.45, 2.75) is 29.6 Å². The van der Waals surface area contributed by atoms with Gasteiger partial charge in [-0.15, -0.1) is 10.2 Å². The number of nitrogens with zero attached hydrogens (tertiary/aromatic N) is 2. The highest BCUT2D eigenvalue weighted by Crippen LogP contribution is 2.37. The summed E-state index contributed by atoms with van der Waals surface area (Å²) in [6, 6.07) is 0. The molecule has 9 nitrogen and oxygen atoms in total. The van der Waals surface area contributed by atoms with Gasteiger partial charge in [-0.25, -0.2) is 8.42 Å². The minimum Gasteiger partial charge on any atom is -0.480 e. The Morgan fingerprint density at radius 3 is 2.47 bits per heavy atom. The summed E-state index contributed by atoms with van der Waals surface area (Å²) in [7, 11) is -4.05. The first-order valence-corrected chi connectivity index (χ1v) is 7.44. The van der Waals surface area contributed by atoms with Gasteiger partial charge in [0.05, 0.1) is 0 Å². The quantitative estimate of drug-likeness (QED) is 0.617. The number of sulfonamides is 1. The van der Waals surface area contributed by atoms with E-state index >= 15 is 0 Å². The molecule has 19 heavy (non-hydrogen) atoms. The molecule has 1 aliphatic rings. The molecule has 1 amide bonds. The van der Waals surface area contributed by atoms with Gasteiger partial charge >= 0.3 is 5.97 Å². The van der Waals surface area contributed by atoms with Crippen LogP contribution in [-0.2, 0) is 19.6 Å². The lowest BCUT2D eigenvalue weighted by Gasteiger charge is -2.10. The van der Waals surface area contributed by atoms with Crippen LogP contribution in [0.2, 0.25) is 0 Å². The molecule has 1 aromatic heterocycles. The molecule has 1 aromatic rings. The van der Waals surface area contributed by atoms with Gasteiger partial charge in [-0.05, 0) is 12.8 Å². The van der Waals surface area contributed by atoms with Crippen LogP contribution in [-0.4, -0.2) is 41.1 Å². The van der Waals surface area contributed by atoms with Crippen molar-refractivity contribution in [2.24, 2.45) is 0 Å². The Bertz CT molecular complexity index is 633. The molecule has 1 saturated carbocycles. The van der Waals surface area contributed by atoms with Crippen molar-refractivity contribution >= 4 is 38.4 Å². The van der Waals surface area contributed by atoms with E-state index in [9.17, 15) is 18.0 Å². The second kappa shape index (κ2) is 4.51. The predicted octanol–water partition coefficient (Wildman–Crippen LogP) is -0.608. The highest BCUT2D eigenvalue weighted by Gasteiger charge is 2.53. The molecule has 2 rings (SSSR count). The van der Waals surface area contributed by atoms with Gasteiger partial charge < -0.3 is 10.4 Å². The summed E-state index contributed by atoms with van der Waals surface area (Å²) in [5.41, 5.74) is -1.43. The van der Waals surface area contributed by atoms with Crippen LogP contribution < -0.4 is 10.0 Å². The first-order chi connectivity index (χ1) is 8.75. The van der Waals surface area contributed by atoms with Crippen LogP contribution in [0.3, 0.4) is 0 Å². The van der Waals surface area contributed by atoms with Gasteiger partial charge in [-0.2, -0.15) is 4.72 Å². The molecule has 1 fully saturated rings. The third-order valence-electron chi connectivity index (χ3n) is 2.41.